The van der Waals surface area contributed by atoms with Crippen LogP contribution in [0, 0.1) is 5.92 Å². The zero-order valence-corrected chi connectivity index (χ0v) is 12.8. The highest BCUT2D eigenvalue weighted by Gasteiger charge is 2.27. The first-order valence-electron chi connectivity index (χ1n) is 7.95. The molecular formula is C17H19N5O. The number of aliphatic hydroxyl groups is 1. The number of piperidine rings is 1. The van der Waals surface area contributed by atoms with Crippen molar-refractivity contribution in [2.24, 2.45) is 5.92 Å². The van der Waals surface area contributed by atoms with E-state index in [1.54, 1.807) is 12.5 Å². The number of hydrogen-bond donors (Lipinski definition) is 2. The van der Waals surface area contributed by atoms with Gasteiger partial charge in [-0.15, -0.1) is 0 Å². The van der Waals surface area contributed by atoms with E-state index in [1.165, 1.54) is 0 Å². The molecule has 3 aromatic rings. The minimum Gasteiger partial charge on any atom is -0.388 e. The summed E-state index contributed by atoms with van der Waals surface area (Å²) >= 11 is 0. The number of rotatable bonds is 3. The van der Waals surface area contributed by atoms with Gasteiger partial charge in [-0.2, -0.15) is 5.10 Å². The van der Waals surface area contributed by atoms with Crippen LogP contribution >= 0.6 is 0 Å². The van der Waals surface area contributed by atoms with Crippen molar-refractivity contribution in [2.45, 2.75) is 18.9 Å². The summed E-state index contributed by atoms with van der Waals surface area (Å²) in [4.78, 5) is 10.9. The summed E-state index contributed by atoms with van der Waals surface area (Å²) in [5.74, 6) is 1.21. The molecule has 0 unspecified atom stereocenters. The first kappa shape index (κ1) is 14.1. The third-order valence-corrected chi connectivity index (χ3v) is 4.65. The van der Waals surface area contributed by atoms with E-state index in [2.05, 4.69) is 25.1 Å². The third kappa shape index (κ3) is 2.66. The Balaban J connectivity index is 1.48. The Labute approximate surface area is 134 Å². The number of aromatic nitrogens is 4. The van der Waals surface area contributed by atoms with Gasteiger partial charge in [-0.25, -0.2) is 9.97 Å². The number of aliphatic hydroxyl groups excluding tert-OH is 1. The highest BCUT2D eigenvalue weighted by Crippen LogP contribution is 2.33. The van der Waals surface area contributed by atoms with Crippen molar-refractivity contribution in [3.63, 3.8) is 0 Å². The fourth-order valence-electron chi connectivity index (χ4n) is 3.35. The van der Waals surface area contributed by atoms with Gasteiger partial charge in [-0.1, -0.05) is 30.3 Å². The Hall–Kier alpha value is -2.47. The molecule has 2 N–H and O–H groups in total. The van der Waals surface area contributed by atoms with Crippen LogP contribution in [0.25, 0.3) is 11.0 Å². The standard InChI is InChI=1S/C17H19N5O/c23-15(12-4-2-1-3-5-12)13-6-8-22(9-7-13)17-14-10-20-21-16(14)18-11-19-17/h1-5,10-11,13,15,23H,6-9H2,(H,18,19,20,21)/t15-/m1/s1. The van der Waals surface area contributed by atoms with Gasteiger partial charge in [0.2, 0.25) is 0 Å². The highest BCUT2D eigenvalue weighted by molar-refractivity contribution is 5.86. The van der Waals surface area contributed by atoms with Gasteiger partial charge in [0.1, 0.15) is 12.1 Å². The van der Waals surface area contributed by atoms with E-state index in [1.807, 2.05) is 30.3 Å². The molecule has 6 nitrogen and oxygen atoms in total. The summed E-state index contributed by atoms with van der Waals surface area (Å²) in [6.07, 6.45) is 4.84. The zero-order valence-electron chi connectivity index (χ0n) is 12.8. The molecule has 0 radical (unpaired) electrons. The van der Waals surface area contributed by atoms with Gasteiger partial charge in [0.15, 0.2) is 5.65 Å². The van der Waals surface area contributed by atoms with E-state index in [0.29, 0.717) is 0 Å². The summed E-state index contributed by atoms with van der Waals surface area (Å²) in [6, 6.07) is 9.92. The Morgan fingerprint density at radius 3 is 2.70 bits per heavy atom. The maximum atomic E-state index is 10.6. The highest BCUT2D eigenvalue weighted by atomic mass is 16.3. The molecule has 118 valence electrons. The van der Waals surface area contributed by atoms with Crippen LogP contribution in [0.4, 0.5) is 5.82 Å². The predicted molar refractivity (Wildman–Crippen MR) is 88.0 cm³/mol. The summed E-state index contributed by atoms with van der Waals surface area (Å²) in [7, 11) is 0. The first-order valence-corrected chi connectivity index (χ1v) is 7.95. The van der Waals surface area contributed by atoms with Gasteiger partial charge in [-0.3, -0.25) is 5.10 Å². The van der Waals surface area contributed by atoms with Crippen molar-refractivity contribution < 1.29 is 5.11 Å². The van der Waals surface area contributed by atoms with E-state index in [4.69, 9.17) is 0 Å². The van der Waals surface area contributed by atoms with Gasteiger partial charge in [0.05, 0.1) is 17.7 Å². The second-order valence-electron chi connectivity index (χ2n) is 6.01. The largest absolute Gasteiger partial charge is 0.388 e. The van der Waals surface area contributed by atoms with Crippen LogP contribution in [0.15, 0.2) is 42.9 Å². The first-order chi connectivity index (χ1) is 11.3. The topological polar surface area (TPSA) is 77.9 Å². The maximum Gasteiger partial charge on any atom is 0.160 e. The lowest BCUT2D eigenvalue weighted by molar-refractivity contribution is 0.0929. The van der Waals surface area contributed by atoms with Gasteiger partial charge < -0.3 is 10.0 Å². The second kappa shape index (κ2) is 5.96. The van der Waals surface area contributed by atoms with E-state index >= 15 is 0 Å². The molecule has 0 bridgehead atoms. The number of hydrogen-bond acceptors (Lipinski definition) is 5. The van der Waals surface area contributed by atoms with E-state index in [0.717, 1.165) is 48.3 Å². The minimum atomic E-state index is -0.391. The molecule has 23 heavy (non-hydrogen) atoms. The molecule has 1 aromatic carbocycles. The van der Waals surface area contributed by atoms with Crippen LogP contribution in [0.3, 0.4) is 0 Å². The van der Waals surface area contributed by atoms with Crippen LogP contribution in [-0.4, -0.2) is 38.4 Å². The number of anilines is 1. The van der Waals surface area contributed by atoms with Crippen molar-refractivity contribution in [2.75, 3.05) is 18.0 Å². The number of fused-ring (bicyclic) bond motifs is 1. The van der Waals surface area contributed by atoms with Gasteiger partial charge in [-0.05, 0) is 24.3 Å². The van der Waals surface area contributed by atoms with Crippen LogP contribution in [0.2, 0.25) is 0 Å². The molecule has 0 saturated carbocycles. The summed E-state index contributed by atoms with van der Waals surface area (Å²) in [5.41, 5.74) is 1.77. The molecule has 2 aromatic heterocycles. The lowest BCUT2D eigenvalue weighted by atomic mass is 9.87. The fourth-order valence-corrected chi connectivity index (χ4v) is 3.35. The van der Waals surface area contributed by atoms with E-state index in [9.17, 15) is 5.11 Å². The maximum absolute atomic E-state index is 10.6. The third-order valence-electron chi connectivity index (χ3n) is 4.65. The molecule has 6 heteroatoms. The number of nitrogens with zero attached hydrogens (tertiary/aromatic N) is 4. The molecule has 0 spiro atoms. The SMILES string of the molecule is O[C@H](c1ccccc1)C1CCN(c2ncnc3[nH]ncc23)CC1. The van der Waals surface area contributed by atoms with Gasteiger partial charge in [0, 0.05) is 13.1 Å². The predicted octanol–water partition coefficient (Wildman–Crippen LogP) is 2.30. The van der Waals surface area contributed by atoms with E-state index < -0.39 is 6.10 Å². The second-order valence-corrected chi connectivity index (χ2v) is 6.01. The van der Waals surface area contributed by atoms with Crippen molar-refractivity contribution in [1.29, 1.82) is 0 Å². The Morgan fingerprint density at radius 1 is 1.13 bits per heavy atom. The lowest BCUT2D eigenvalue weighted by Gasteiger charge is -2.35. The molecule has 3 heterocycles. The Kier molecular flexibility index (Phi) is 3.67. The van der Waals surface area contributed by atoms with Crippen molar-refractivity contribution in [1.82, 2.24) is 20.2 Å². The molecule has 1 fully saturated rings. The molecule has 1 aliphatic rings. The number of benzene rings is 1. The number of H-pyrrole nitrogens is 1. The van der Waals surface area contributed by atoms with Gasteiger partial charge >= 0.3 is 0 Å². The average molecular weight is 309 g/mol. The molecular weight excluding hydrogens is 290 g/mol. The normalized spacial score (nSPS) is 17.5. The van der Waals surface area contributed by atoms with Crippen LogP contribution < -0.4 is 4.90 Å². The van der Waals surface area contributed by atoms with Crippen LogP contribution in [0.5, 0.6) is 0 Å². The van der Waals surface area contributed by atoms with Crippen molar-refractivity contribution >= 4 is 16.9 Å². The van der Waals surface area contributed by atoms with Crippen molar-refractivity contribution in [3.05, 3.63) is 48.4 Å². The molecule has 0 amide bonds. The lowest BCUT2D eigenvalue weighted by Crippen LogP contribution is -2.36. The summed E-state index contributed by atoms with van der Waals surface area (Å²) in [6.45, 7) is 1.76. The van der Waals surface area contributed by atoms with Crippen LogP contribution in [-0.2, 0) is 0 Å². The van der Waals surface area contributed by atoms with E-state index in [-0.39, 0.29) is 5.92 Å². The molecule has 1 atom stereocenters. The monoisotopic (exact) mass is 309 g/mol. The fraction of sp³-hybridized carbons (Fsp3) is 0.353. The summed E-state index contributed by atoms with van der Waals surface area (Å²) in [5, 5.41) is 18.5. The molecule has 1 aliphatic heterocycles. The smallest absolute Gasteiger partial charge is 0.160 e. The van der Waals surface area contributed by atoms with Gasteiger partial charge in [0.25, 0.3) is 0 Å². The number of nitrogens with one attached hydrogen (secondary N) is 1. The minimum absolute atomic E-state index is 0.287. The Bertz CT molecular complexity index is 780. The number of aromatic amines is 1. The zero-order chi connectivity index (χ0) is 15.6. The molecule has 0 aliphatic carbocycles. The molecule has 1 saturated heterocycles. The van der Waals surface area contributed by atoms with Crippen molar-refractivity contribution in [3.8, 4) is 0 Å². The molecule has 4 rings (SSSR count). The summed E-state index contributed by atoms with van der Waals surface area (Å²) < 4.78 is 0. The average Bonchev–Trinajstić information content (AvgIpc) is 3.11. The van der Waals surface area contributed by atoms with Crippen LogP contribution in [0.1, 0.15) is 24.5 Å². The Morgan fingerprint density at radius 2 is 1.91 bits per heavy atom. The quantitative estimate of drug-likeness (QED) is 0.776.